The van der Waals surface area contributed by atoms with E-state index in [4.69, 9.17) is 5.21 Å². The highest BCUT2D eigenvalue weighted by molar-refractivity contribution is 5.99. The average Bonchev–Trinajstić information content (AvgIpc) is 2.84. The number of carbonyl (C=O) groups is 3. The summed E-state index contributed by atoms with van der Waals surface area (Å²) in [6, 6.07) is 19.0. The van der Waals surface area contributed by atoms with Crippen molar-refractivity contribution in [2.75, 3.05) is 25.1 Å². The van der Waals surface area contributed by atoms with Crippen molar-refractivity contribution >= 4 is 29.6 Å². The Morgan fingerprint density at radius 3 is 2.15 bits per heavy atom. The van der Waals surface area contributed by atoms with Gasteiger partial charge >= 0.3 is 0 Å². The molecule has 3 rings (SSSR count). The molecule has 0 fully saturated rings. The van der Waals surface area contributed by atoms with Crippen molar-refractivity contribution in [2.24, 2.45) is 0 Å². The Morgan fingerprint density at radius 2 is 1.58 bits per heavy atom. The third kappa shape index (κ3) is 5.43. The second-order valence-electron chi connectivity index (χ2n) is 7.55. The van der Waals surface area contributed by atoms with Gasteiger partial charge in [-0.15, -0.1) is 0 Å². The molecule has 0 atom stereocenters. The van der Waals surface area contributed by atoms with Gasteiger partial charge in [0.05, 0.1) is 12.3 Å². The predicted molar refractivity (Wildman–Crippen MR) is 125 cm³/mol. The molecule has 0 unspecified atom stereocenters. The molecule has 3 aromatic rings. The molecule has 0 spiro atoms. The van der Waals surface area contributed by atoms with Crippen molar-refractivity contribution in [3.63, 3.8) is 0 Å². The lowest BCUT2D eigenvalue weighted by molar-refractivity contribution is -0.106. The van der Waals surface area contributed by atoms with Crippen LogP contribution in [0.4, 0.5) is 11.4 Å². The minimum absolute atomic E-state index is 0.165. The van der Waals surface area contributed by atoms with Crippen LogP contribution in [0.2, 0.25) is 0 Å². The zero-order valence-corrected chi connectivity index (χ0v) is 18.4. The van der Waals surface area contributed by atoms with E-state index in [1.807, 2.05) is 31.2 Å². The largest absolute Gasteiger partial charge is 0.395 e. The van der Waals surface area contributed by atoms with E-state index < -0.39 is 5.91 Å². The Bertz CT molecular complexity index is 1140. The van der Waals surface area contributed by atoms with Gasteiger partial charge in [-0.1, -0.05) is 29.8 Å². The summed E-state index contributed by atoms with van der Waals surface area (Å²) in [5.74, 6) is -0.943. The lowest BCUT2D eigenvalue weighted by Crippen LogP contribution is -2.29. The van der Waals surface area contributed by atoms with E-state index in [0.29, 0.717) is 34.5 Å². The predicted octanol–water partition coefficient (Wildman–Crippen LogP) is 3.14. The molecule has 3 N–H and O–H groups in total. The molecular weight excluding hydrogens is 422 g/mol. The number of aliphatic hydroxyl groups excluding tert-OH is 1. The van der Waals surface area contributed by atoms with Gasteiger partial charge in [0.1, 0.15) is 0 Å². The van der Waals surface area contributed by atoms with Gasteiger partial charge in [0.2, 0.25) is 6.41 Å². The maximum Gasteiger partial charge on any atom is 0.274 e. The van der Waals surface area contributed by atoms with Crippen LogP contribution in [-0.4, -0.2) is 53.6 Å². The molecule has 170 valence electrons. The number of aliphatic hydroxyl groups is 1. The molecule has 0 radical (unpaired) electrons. The van der Waals surface area contributed by atoms with Crippen molar-refractivity contribution < 1.29 is 24.7 Å². The van der Waals surface area contributed by atoms with E-state index in [1.165, 1.54) is 9.80 Å². The number of amides is 3. The fraction of sp³-hybridized carbons (Fsp3) is 0.160. The molecule has 0 aliphatic rings. The number of likely N-dealkylation sites (N-methyl/N-ethyl adjacent to an activating group) is 1. The van der Waals surface area contributed by atoms with Crippen LogP contribution in [0.25, 0.3) is 11.1 Å². The molecule has 0 saturated heterocycles. The lowest BCUT2D eigenvalue weighted by Gasteiger charge is -2.22. The number of nitrogens with zero attached hydrogens (tertiary/aromatic N) is 2. The molecule has 3 aromatic carbocycles. The molecule has 8 heteroatoms. The normalized spacial score (nSPS) is 10.4. The molecule has 0 heterocycles. The van der Waals surface area contributed by atoms with E-state index in [9.17, 15) is 19.5 Å². The monoisotopic (exact) mass is 447 g/mol. The van der Waals surface area contributed by atoms with Gasteiger partial charge in [0, 0.05) is 30.4 Å². The van der Waals surface area contributed by atoms with Crippen LogP contribution >= 0.6 is 0 Å². The number of hydroxylamine groups is 1. The summed E-state index contributed by atoms with van der Waals surface area (Å²) in [6.07, 6.45) is 0.685. The van der Waals surface area contributed by atoms with E-state index in [-0.39, 0.29) is 24.6 Å². The van der Waals surface area contributed by atoms with Gasteiger partial charge < -0.3 is 10.0 Å². The molecular formula is C25H25N3O5. The third-order valence-corrected chi connectivity index (χ3v) is 5.22. The smallest absolute Gasteiger partial charge is 0.274 e. The Hall–Kier alpha value is -4.01. The maximum absolute atomic E-state index is 13.0. The van der Waals surface area contributed by atoms with Crippen LogP contribution in [0.15, 0.2) is 66.7 Å². The summed E-state index contributed by atoms with van der Waals surface area (Å²) < 4.78 is 0. The Morgan fingerprint density at radius 1 is 0.909 bits per heavy atom. The Kier molecular flexibility index (Phi) is 7.55. The number of anilines is 2. The summed E-state index contributed by atoms with van der Waals surface area (Å²) >= 11 is 0. The Labute approximate surface area is 191 Å². The molecule has 0 aliphatic carbocycles. The number of hydrogen-bond donors (Lipinski definition) is 3. The molecule has 0 aliphatic heterocycles. The second kappa shape index (κ2) is 10.5. The fourth-order valence-electron chi connectivity index (χ4n) is 3.37. The van der Waals surface area contributed by atoms with Crippen molar-refractivity contribution in [3.8, 4) is 11.1 Å². The zero-order chi connectivity index (χ0) is 24.0. The summed E-state index contributed by atoms with van der Waals surface area (Å²) in [5.41, 5.74) is 5.74. The van der Waals surface area contributed by atoms with Crippen molar-refractivity contribution in [3.05, 3.63) is 83.4 Å². The first-order valence-electron chi connectivity index (χ1n) is 10.3. The second-order valence-corrected chi connectivity index (χ2v) is 7.55. The maximum atomic E-state index is 13.0. The van der Waals surface area contributed by atoms with Crippen LogP contribution in [0.3, 0.4) is 0 Å². The molecule has 0 saturated carbocycles. The van der Waals surface area contributed by atoms with Gasteiger partial charge in [0.15, 0.2) is 0 Å². The zero-order valence-electron chi connectivity index (χ0n) is 18.4. The van der Waals surface area contributed by atoms with E-state index >= 15 is 0 Å². The number of rotatable bonds is 8. The number of hydrogen-bond acceptors (Lipinski definition) is 5. The third-order valence-electron chi connectivity index (χ3n) is 5.22. The molecule has 0 aromatic heterocycles. The average molecular weight is 447 g/mol. The van der Waals surface area contributed by atoms with Crippen LogP contribution in [0.1, 0.15) is 26.3 Å². The van der Waals surface area contributed by atoms with Crippen LogP contribution in [0, 0.1) is 6.92 Å². The summed E-state index contributed by atoms with van der Waals surface area (Å²) in [6.45, 7) is 1.94. The lowest BCUT2D eigenvalue weighted by atomic mass is 9.99. The minimum atomic E-state index is -0.636. The number of benzene rings is 3. The Balaban J connectivity index is 2.11. The van der Waals surface area contributed by atoms with Gasteiger partial charge in [-0.25, -0.2) is 5.48 Å². The highest BCUT2D eigenvalue weighted by atomic mass is 16.5. The number of nitrogens with one attached hydrogen (secondary N) is 1. The van der Waals surface area contributed by atoms with Crippen molar-refractivity contribution in [2.45, 2.75) is 6.92 Å². The minimum Gasteiger partial charge on any atom is -0.395 e. The van der Waals surface area contributed by atoms with Crippen LogP contribution in [0.5, 0.6) is 0 Å². The number of aryl methyl sites for hydroxylation is 1. The number of carbonyl (C=O) groups excluding carboxylic acids is 3. The quantitative estimate of drug-likeness (QED) is 0.279. The SMILES string of the molecule is Cc1ccc(N(C=O)c2cc(C(=O)N(C)CCO)cc(-c3ccc(C(=O)NO)cc3)c2)cc1. The highest BCUT2D eigenvalue weighted by Gasteiger charge is 2.17. The van der Waals surface area contributed by atoms with Gasteiger partial charge in [-0.3, -0.25) is 24.5 Å². The standard InChI is InChI=1S/C25H25N3O5/c1-17-3-9-22(10-4-17)28(16-30)23-14-20(13-21(15-23)25(32)27(2)11-12-29)18-5-7-19(8-6-18)24(31)26-33/h3-10,13-16,29,33H,11-12H2,1-2H3,(H,26,31). The highest BCUT2D eigenvalue weighted by Crippen LogP contribution is 2.31. The first-order valence-corrected chi connectivity index (χ1v) is 10.3. The van der Waals surface area contributed by atoms with Crippen LogP contribution in [-0.2, 0) is 4.79 Å². The summed E-state index contributed by atoms with van der Waals surface area (Å²) in [5, 5.41) is 18.0. The topological polar surface area (TPSA) is 110 Å². The first-order chi connectivity index (χ1) is 15.9. The van der Waals surface area contributed by atoms with Gasteiger partial charge in [0.25, 0.3) is 11.8 Å². The van der Waals surface area contributed by atoms with Crippen molar-refractivity contribution in [1.82, 2.24) is 10.4 Å². The molecule has 0 bridgehead atoms. The van der Waals surface area contributed by atoms with Crippen molar-refractivity contribution in [1.29, 1.82) is 0 Å². The van der Waals surface area contributed by atoms with E-state index in [0.717, 1.165) is 5.56 Å². The van der Waals surface area contributed by atoms with Crippen LogP contribution < -0.4 is 10.4 Å². The molecule has 33 heavy (non-hydrogen) atoms. The first kappa shape index (κ1) is 23.6. The molecule has 8 nitrogen and oxygen atoms in total. The molecule has 3 amide bonds. The fourth-order valence-corrected chi connectivity index (χ4v) is 3.37. The summed E-state index contributed by atoms with van der Waals surface area (Å²) in [7, 11) is 1.59. The van der Waals surface area contributed by atoms with Gasteiger partial charge in [-0.05, 0) is 60.5 Å². The van der Waals surface area contributed by atoms with E-state index in [1.54, 1.807) is 55.0 Å². The van der Waals surface area contributed by atoms with Gasteiger partial charge in [-0.2, -0.15) is 0 Å². The van der Waals surface area contributed by atoms with E-state index in [2.05, 4.69) is 0 Å². The summed E-state index contributed by atoms with van der Waals surface area (Å²) in [4.78, 5) is 39.5.